The molecule has 1 heterocycles. The maximum atomic E-state index is 11.7. The van der Waals surface area contributed by atoms with Crippen LogP contribution in [0.5, 0.6) is 0 Å². The Morgan fingerprint density at radius 1 is 1.28 bits per heavy atom. The molecule has 6 nitrogen and oxygen atoms in total. The summed E-state index contributed by atoms with van der Waals surface area (Å²) in [5.41, 5.74) is 2.22. The molecule has 0 saturated heterocycles. The second-order valence-electron chi connectivity index (χ2n) is 4.19. The Bertz CT molecular complexity index is 722. The molecular weight excluding hydrogens is 234 g/mol. The Morgan fingerprint density at radius 2 is 1.89 bits per heavy atom. The van der Waals surface area contributed by atoms with Gasteiger partial charge in [0.1, 0.15) is 0 Å². The zero-order chi connectivity index (χ0) is 13.4. The van der Waals surface area contributed by atoms with Crippen LogP contribution in [-0.2, 0) is 14.1 Å². The highest BCUT2D eigenvalue weighted by atomic mass is 16.6. The Morgan fingerprint density at radius 3 is 2.50 bits per heavy atom. The van der Waals surface area contributed by atoms with Crippen molar-refractivity contribution in [3.63, 3.8) is 0 Å². The molecule has 2 aromatic rings. The van der Waals surface area contributed by atoms with Crippen molar-refractivity contribution in [1.82, 2.24) is 9.13 Å². The SMILES string of the molecule is C/C(=C\c1ccc2c(c1)n(C)c(=O)n2C)[N+](=O)[O-]. The van der Waals surface area contributed by atoms with Crippen LogP contribution in [0, 0.1) is 10.1 Å². The van der Waals surface area contributed by atoms with E-state index in [0.717, 1.165) is 11.0 Å². The van der Waals surface area contributed by atoms with Crippen LogP contribution in [0.25, 0.3) is 17.1 Å². The highest BCUT2D eigenvalue weighted by Gasteiger charge is 2.08. The number of aromatic nitrogens is 2. The molecule has 0 aliphatic heterocycles. The topological polar surface area (TPSA) is 70.1 Å². The second kappa shape index (κ2) is 4.14. The van der Waals surface area contributed by atoms with E-state index < -0.39 is 4.92 Å². The lowest BCUT2D eigenvalue weighted by molar-refractivity contribution is -0.422. The van der Waals surface area contributed by atoms with E-state index in [9.17, 15) is 14.9 Å². The summed E-state index contributed by atoms with van der Waals surface area (Å²) < 4.78 is 3.07. The van der Waals surface area contributed by atoms with Gasteiger partial charge in [0.2, 0.25) is 5.70 Å². The molecule has 0 atom stereocenters. The minimum absolute atomic E-state index is 0.0651. The first-order valence-electron chi connectivity index (χ1n) is 5.40. The highest BCUT2D eigenvalue weighted by Crippen LogP contribution is 2.16. The van der Waals surface area contributed by atoms with E-state index in [0.29, 0.717) is 5.56 Å². The van der Waals surface area contributed by atoms with Gasteiger partial charge < -0.3 is 0 Å². The number of fused-ring (bicyclic) bond motifs is 1. The van der Waals surface area contributed by atoms with Crippen LogP contribution in [-0.4, -0.2) is 14.1 Å². The molecule has 0 unspecified atom stereocenters. The molecule has 0 bridgehead atoms. The number of allylic oxidation sites excluding steroid dienone is 1. The molecule has 0 aliphatic rings. The van der Waals surface area contributed by atoms with Crippen LogP contribution in [0.15, 0.2) is 28.7 Å². The third-order valence-electron chi connectivity index (χ3n) is 2.96. The fourth-order valence-corrected chi connectivity index (χ4v) is 1.91. The van der Waals surface area contributed by atoms with Crippen LogP contribution in [0.4, 0.5) is 0 Å². The number of hydrogen-bond donors (Lipinski definition) is 0. The fraction of sp³-hybridized carbons (Fsp3) is 0.250. The van der Waals surface area contributed by atoms with Gasteiger partial charge >= 0.3 is 5.69 Å². The first-order valence-corrected chi connectivity index (χ1v) is 5.40. The molecule has 0 radical (unpaired) electrons. The number of benzene rings is 1. The molecule has 0 aliphatic carbocycles. The second-order valence-corrected chi connectivity index (χ2v) is 4.19. The molecule has 0 N–H and O–H groups in total. The van der Waals surface area contributed by atoms with Gasteiger partial charge in [-0.25, -0.2) is 4.79 Å². The van der Waals surface area contributed by atoms with E-state index in [1.54, 1.807) is 36.9 Å². The van der Waals surface area contributed by atoms with Crippen LogP contribution in [0.2, 0.25) is 0 Å². The Labute approximate surface area is 103 Å². The van der Waals surface area contributed by atoms with Crippen molar-refractivity contribution in [2.75, 3.05) is 0 Å². The predicted molar refractivity (Wildman–Crippen MR) is 68.8 cm³/mol. The summed E-state index contributed by atoms with van der Waals surface area (Å²) in [5.74, 6) is 0. The summed E-state index contributed by atoms with van der Waals surface area (Å²) in [7, 11) is 3.38. The predicted octanol–water partition coefficient (Wildman–Crippen LogP) is 1.51. The maximum Gasteiger partial charge on any atom is 0.328 e. The van der Waals surface area contributed by atoms with E-state index in [4.69, 9.17) is 0 Å². The van der Waals surface area contributed by atoms with Gasteiger partial charge in [0.25, 0.3) is 0 Å². The molecule has 0 saturated carbocycles. The third-order valence-corrected chi connectivity index (χ3v) is 2.96. The van der Waals surface area contributed by atoms with Gasteiger partial charge in [-0.05, 0) is 17.7 Å². The summed E-state index contributed by atoms with van der Waals surface area (Å²) >= 11 is 0. The van der Waals surface area contributed by atoms with E-state index in [1.165, 1.54) is 17.6 Å². The van der Waals surface area contributed by atoms with E-state index in [1.807, 2.05) is 0 Å². The summed E-state index contributed by atoms with van der Waals surface area (Å²) in [6.07, 6.45) is 1.48. The normalized spacial score (nSPS) is 12.1. The van der Waals surface area contributed by atoms with Crippen LogP contribution >= 0.6 is 0 Å². The summed E-state index contributed by atoms with van der Waals surface area (Å²) in [6, 6.07) is 5.31. The van der Waals surface area contributed by atoms with Crippen molar-refractivity contribution in [2.24, 2.45) is 14.1 Å². The average Bonchev–Trinajstić information content (AvgIpc) is 2.54. The molecule has 0 spiro atoms. The molecule has 0 amide bonds. The van der Waals surface area contributed by atoms with Gasteiger partial charge in [-0.1, -0.05) is 6.07 Å². The van der Waals surface area contributed by atoms with Crippen molar-refractivity contribution in [2.45, 2.75) is 6.92 Å². The Balaban J connectivity index is 2.65. The Hall–Kier alpha value is -2.37. The number of imidazole rings is 1. The lowest BCUT2D eigenvalue weighted by atomic mass is 10.1. The molecule has 1 aromatic heterocycles. The third kappa shape index (κ3) is 1.81. The zero-order valence-corrected chi connectivity index (χ0v) is 10.4. The summed E-state index contributed by atoms with van der Waals surface area (Å²) in [4.78, 5) is 21.9. The Kier molecular flexibility index (Phi) is 2.78. The van der Waals surface area contributed by atoms with Gasteiger partial charge in [0.05, 0.1) is 16.0 Å². The largest absolute Gasteiger partial charge is 0.328 e. The quantitative estimate of drug-likeness (QED) is 0.596. The number of hydrogen-bond acceptors (Lipinski definition) is 3. The fourth-order valence-electron chi connectivity index (χ4n) is 1.91. The van der Waals surface area contributed by atoms with Crippen molar-refractivity contribution in [3.05, 3.63) is 50.1 Å². The highest BCUT2D eigenvalue weighted by molar-refractivity contribution is 5.79. The van der Waals surface area contributed by atoms with Crippen LogP contribution in [0.3, 0.4) is 0 Å². The molecule has 1 aromatic carbocycles. The summed E-state index contributed by atoms with van der Waals surface area (Å²) in [6.45, 7) is 1.44. The number of rotatable bonds is 2. The number of nitrogens with zero attached hydrogens (tertiary/aromatic N) is 3. The van der Waals surface area contributed by atoms with Gasteiger partial charge in [0, 0.05) is 27.1 Å². The molecular formula is C12H13N3O3. The number of nitro groups is 1. The molecule has 94 valence electrons. The first kappa shape index (κ1) is 12.1. The monoisotopic (exact) mass is 247 g/mol. The minimum Gasteiger partial charge on any atom is -0.295 e. The average molecular weight is 247 g/mol. The van der Waals surface area contributed by atoms with Crippen LogP contribution in [0.1, 0.15) is 12.5 Å². The summed E-state index contributed by atoms with van der Waals surface area (Å²) in [5, 5.41) is 10.6. The van der Waals surface area contributed by atoms with Gasteiger partial charge in [-0.3, -0.25) is 19.2 Å². The van der Waals surface area contributed by atoms with E-state index >= 15 is 0 Å². The van der Waals surface area contributed by atoms with Gasteiger partial charge in [-0.2, -0.15) is 0 Å². The van der Waals surface area contributed by atoms with Crippen molar-refractivity contribution in [1.29, 1.82) is 0 Å². The van der Waals surface area contributed by atoms with Gasteiger partial charge in [-0.15, -0.1) is 0 Å². The first-order chi connectivity index (χ1) is 8.41. The van der Waals surface area contributed by atoms with Crippen LogP contribution < -0.4 is 5.69 Å². The lowest BCUT2D eigenvalue weighted by Crippen LogP contribution is -2.19. The van der Waals surface area contributed by atoms with Crippen molar-refractivity contribution < 1.29 is 4.92 Å². The van der Waals surface area contributed by atoms with E-state index in [-0.39, 0.29) is 11.4 Å². The van der Waals surface area contributed by atoms with Crippen molar-refractivity contribution in [3.8, 4) is 0 Å². The lowest BCUT2D eigenvalue weighted by Gasteiger charge is -1.97. The smallest absolute Gasteiger partial charge is 0.295 e. The van der Waals surface area contributed by atoms with Crippen molar-refractivity contribution >= 4 is 17.1 Å². The number of aryl methyl sites for hydroxylation is 2. The van der Waals surface area contributed by atoms with Gasteiger partial charge in [0.15, 0.2) is 0 Å². The molecule has 0 fully saturated rings. The minimum atomic E-state index is -0.436. The standard InChI is InChI=1S/C12H13N3O3/c1-8(15(17)18)6-9-4-5-10-11(7-9)14(3)12(16)13(10)2/h4-7H,1-3H3/b8-6+. The molecule has 6 heteroatoms. The molecule has 2 rings (SSSR count). The zero-order valence-electron chi connectivity index (χ0n) is 10.4. The molecule has 18 heavy (non-hydrogen) atoms. The van der Waals surface area contributed by atoms with E-state index in [2.05, 4.69) is 0 Å². The maximum absolute atomic E-state index is 11.7.